The number of hydrogen-bond acceptors (Lipinski definition) is 6. The normalized spacial score (nSPS) is 22.9. The Kier molecular flexibility index (Phi) is 4.80. The van der Waals surface area contributed by atoms with E-state index in [1.807, 2.05) is 19.9 Å². The summed E-state index contributed by atoms with van der Waals surface area (Å²) in [5.74, 6) is -2.86. The lowest BCUT2D eigenvalue weighted by atomic mass is 9.77. The summed E-state index contributed by atoms with van der Waals surface area (Å²) >= 11 is 0. The van der Waals surface area contributed by atoms with E-state index in [1.54, 1.807) is 20.0 Å². The molecule has 0 unspecified atom stereocenters. The number of aromatic nitrogens is 2. The zero-order chi connectivity index (χ0) is 22.0. The maximum absolute atomic E-state index is 13.4. The second-order valence-corrected chi connectivity index (χ2v) is 10.6. The summed E-state index contributed by atoms with van der Waals surface area (Å²) in [6.07, 6.45) is 0.487. The van der Waals surface area contributed by atoms with Gasteiger partial charge in [-0.05, 0) is 37.3 Å². The summed E-state index contributed by atoms with van der Waals surface area (Å²) in [6, 6.07) is 3.61. The number of carbonyl (C=O) groups excluding carboxylic acids is 3. The van der Waals surface area contributed by atoms with Gasteiger partial charge in [0.05, 0.1) is 16.3 Å². The number of carbonyl (C=O) groups is 3. The summed E-state index contributed by atoms with van der Waals surface area (Å²) in [5, 5.41) is 4.51. The zero-order valence-corrected chi connectivity index (χ0v) is 18.3. The minimum atomic E-state index is -3.57. The average Bonchev–Trinajstić information content (AvgIpc) is 2.90. The maximum Gasteiger partial charge on any atom is 0.199 e. The van der Waals surface area contributed by atoms with Crippen LogP contribution < -0.4 is 0 Å². The second kappa shape index (κ2) is 6.97. The Labute approximate surface area is 175 Å². The van der Waals surface area contributed by atoms with E-state index in [9.17, 15) is 22.8 Å². The molecule has 1 aliphatic carbocycles. The molecule has 0 spiro atoms. The first-order valence-corrected chi connectivity index (χ1v) is 11.7. The highest BCUT2D eigenvalue weighted by Crippen LogP contribution is 2.40. The molecule has 1 saturated carbocycles. The summed E-state index contributed by atoms with van der Waals surface area (Å²) in [7, 11) is -1.97. The van der Waals surface area contributed by atoms with Crippen molar-refractivity contribution >= 4 is 27.2 Å². The van der Waals surface area contributed by atoms with Gasteiger partial charge in [0.15, 0.2) is 27.2 Å². The number of hydrogen-bond donors (Lipinski definition) is 0. The lowest BCUT2D eigenvalue weighted by Gasteiger charge is -2.23. The molecule has 0 radical (unpaired) electrons. The molecule has 1 fully saturated rings. The number of benzene rings is 1. The molecule has 0 N–H and O–H groups in total. The van der Waals surface area contributed by atoms with Gasteiger partial charge in [0.2, 0.25) is 0 Å². The lowest BCUT2D eigenvalue weighted by molar-refractivity contribution is -0.134. The van der Waals surface area contributed by atoms with Crippen LogP contribution in [0.5, 0.6) is 0 Å². The van der Waals surface area contributed by atoms with Crippen molar-refractivity contribution in [2.24, 2.45) is 18.9 Å². The van der Waals surface area contributed by atoms with Crippen LogP contribution in [0.3, 0.4) is 0 Å². The van der Waals surface area contributed by atoms with E-state index < -0.39 is 21.5 Å². The van der Waals surface area contributed by atoms with Gasteiger partial charge < -0.3 is 0 Å². The van der Waals surface area contributed by atoms with E-state index in [-0.39, 0.29) is 53.1 Å². The van der Waals surface area contributed by atoms with Crippen molar-refractivity contribution in [3.63, 3.8) is 0 Å². The molecule has 8 heteroatoms. The summed E-state index contributed by atoms with van der Waals surface area (Å²) in [4.78, 5) is 38.7. The van der Waals surface area contributed by atoms with Crippen LogP contribution in [0.1, 0.15) is 46.9 Å². The first-order valence-electron chi connectivity index (χ1n) is 10.0. The van der Waals surface area contributed by atoms with Gasteiger partial charge >= 0.3 is 0 Å². The number of aryl methyl sites for hydroxylation is 3. The predicted molar refractivity (Wildman–Crippen MR) is 110 cm³/mol. The zero-order valence-electron chi connectivity index (χ0n) is 17.5. The molecule has 2 heterocycles. The number of rotatable bonds is 2. The van der Waals surface area contributed by atoms with Crippen molar-refractivity contribution in [2.75, 3.05) is 5.75 Å². The fourth-order valence-electron chi connectivity index (χ4n) is 4.74. The largest absolute Gasteiger partial charge is 0.298 e. The summed E-state index contributed by atoms with van der Waals surface area (Å²) < 4.78 is 27.4. The highest BCUT2D eigenvalue weighted by molar-refractivity contribution is 7.91. The Balaban J connectivity index is 1.92. The fraction of sp³-hybridized carbons (Fsp3) is 0.455. The van der Waals surface area contributed by atoms with E-state index in [4.69, 9.17) is 0 Å². The minimum absolute atomic E-state index is 0.0691. The van der Waals surface area contributed by atoms with Crippen molar-refractivity contribution in [1.82, 2.24) is 9.78 Å². The number of ketones is 3. The molecule has 1 aromatic carbocycles. The average molecular weight is 429 g/mol. The van der Waals surface area contributed by atoms with Crippen molar-refractivity contribution in [3.8, 4) is 11.3 Å². The monoisotopic (exact) mass is 428 g/mol. The van der Waals surface area contributed by atoms with E-state index >= 15 is 0 Å². The smallest absolute Gasteiger partial charge is 0.199 e. The van der Waals surface area contributed by atoms with Crippen LogP contribution in [0, 0.1) is 25.7 Å². The molecule has 158 valence electrons. The van der Waals surface area contributed by atoms with Gasteiger partial charge in [0, 0.05) is 31.0 Å². The molecule has 1 aliphatic heterocycles. The Morgan fingerprint density at radius 3 is 2.33 bits per heavy atom. The van der Waals surface area contributed by atoms with Crippen LogP contribution in [0.4, 0.5) is 0 Å². The number of sulfone groups is 1. The molecule has 0 bridgehead atoms. The summed E-state index contributed by atoms with van der Waals surface area (Å²) in [6.45, 7) is 5.38. The quantitative estimate of drug-likeness (QED) is 0.537. The van der Waals surface area contributed by atoms with Crippen molar-refractivity contribution in [2.45, 2.75) is 44.9 Å². The fourth-order valence-corrected chi connectivity index (χ4v) is 6.54. The Morgan fingerprint density at radius 1 is 1.10 bits per heavy atom. The first-order chi connectivity index (χ1) is 14.0. The molecule has 0 amide bonds. The van der Waals surface area contributed by atoms with Crippen LogP contribution in [0.2, 0.25) is 0 Å². The predicted octanol–water partition coefficient (Wildman–Crippen LogP) is 2.40. The van der Waals surface area contributed by atoms with Crippen molar-refractivity contribution in [3.05, 3.63) is 34.5 Å². The topological polar surface area (TPSA) is 103 Å². The molecule has 7 nitrogen and oxygen atoms in total. The molecule has 0 saturated heterocycles. The van der Waals surface area contributed by atoms with Crippen molar-refractivity contribution in [1.29, 1.82) is 0 Å². The van der Waals surface area contributed by atoms with Gasteiger partial charge in [-0.2, -0.15) is 5.10 Å². The molecule has 1 aromatic heterocycles. The lowest BCUT2D eigenvalue weighted by Crippen LogP contribution is -2.39. The van der Waals surface area contributed by atoms with Crippen LogP contribution >= 0.6 is 0 Å². The molecular formula is C22H24N2O5S. The Bertz CT molecular complexity index is 1200. The van der Waals surface area contributed by atoms with E-state index in [0.29, 0.717) is 22.4 Å². The Hall–Kier alpha value is -2.61. The van der Waals surface area contributed by atoms with Gasteiger partial charge in [-0.3, -0.25) is 19.1 Å². The van der Waals surface area contributed by atoms with E-state index in [1.165, 1.54) is 4.68 Å². The third-order valence-electron chi connectivity index (χ3n) is 6.12. The van der Waals surface area contributed by atoms with Gasteiger partial charge in [0.1, 0.15) is 11.6 Å². The third-order valence-corrected chi connectivity index (χ3v) is 8.01. The SMILES string of the molecule is Cc1ccc(C)c2c1-c1nn(C)c(C(=O)C3C(=O)CC(C)CC3=O)c1CCS2(=O)=O. The van der Waals surface area contributed by atoms with Crippen LogP contribution in [0.25, 0.3) is 11.3 Å². The third kappa shape index (κ3) is 3.05. The second-order valence-electron chi connectivity index (χ2n) is 8.52. The highest BCUT2D eigenvalue weighted by Gasteiger charge is 2.42. The van der Waals surface area contributed by atoms with Crippen LogP contribution in [-0.4, -0.2) is 41.3 Å². The Morgan fingerprint density at radius 2 is 1.70 bits per heavy atom. The highest BCUT2D eigenvalue weighted by atomic mass is 32.2. The summed E-state index contributed by atoms with van der Waals surface area (Å²) in [5.41, 5.74) is 2.99. The van der Waals surface area contributed by atoms with Crippen LogP contribution in [0.15, 0.2) is 17.0 Å². The maximum atomic E-state index is 13.4. The van der Waals surface area contributed by atoms with Crippen molar-refractivity contribution < 1.29 is 22.8 Å². The van der Waals surface area contributed by atoms with E-state index in [0.717, 1.165) is 5.56 Å². The molecule has 2 aromatic rings. The van der Waals surface area contributed by atoms with Crippen LogP contribution in [-0.2, 0) is 32.9 Å². The first kappa shape index (κ1) is 20.7. The molecule has 0 atom stereocenters. The van der Waals surface area contributed by atoms with Gasteiger partial charge in [-0.1, -0.05) is 19.1 Å². The molecule has 4 rings (SSSR count). The number of fused-ring (bicyclic) bond motifs is 3. The molecule has 30 heavy (non-hydrogen) atoms. The van der Waals surface area contributed by atoms with E-state index in [2.05, 4.69) is 5.10 Å². The molecule has 2 aliphatic rings. The minimum Gasteiger partial charge on any atom is -0.298 e. The van der Waals surface area contributed by atoms with Gasteiger partial charge in [-0.25, -0.2) is 8.42 Å². The number of nitrogens with zero attached hydrogens (tertiary/aromatic N) is 2. The standard InChI is InChI=1S/C22H24N2O5S/c1-11-9-15(25)18(16(26)10-11)21(27)20-14-7-8-30(28,29)22-13(3)6-5-12(2)17(22)19(14)23-24(20)4/h5-6,11,18H,7-10H2,1-4H3. The number of Topliss-reactive ketones (excluding diaryl/α,β-unsaturated/α-hetero) is 3. The molecular weight excluding hydrogens is 404 g/mol. The van der Waals surface area contributed by atoms with Gasteiger partial charge in [0.25, 0.3) is 0 Å². The van der Waals surface area contributed by atoms with Gasteiger partial charge in [-0.15, -0.1) is 0 Å².